The van der Waals surface area contributed by atoms with E-state index < -0.39 is 52.7 Å². The van der Waals surface area contributed by atoms with Gasteiger partial charge in [-0.1, -0.05) is 31.5 Å². The first kappa shape index (κ1) is 29.6. The molecule has 2 fully saturated rings. The van der Waals surface area contributed by atoms with Crippen LogP contribution in [-0.2, 0) is 28.2 Å². The highest BCUT2D eigenvalue weighted by molar-refractivity contribution is 6.30. The molecule has 3 N–H and O–H groups in total. The molecule has 5 atom stereocenters. The SMILES string of the molecule is CC(CN1C(=O)c2c3c(c(O)c(=O)n2C12CCC1CCC12)C(=O)N(Cc1ccc(F)c(Cl)c1)CC3)OC(=O)C(N)C(C)C. The summed E-state index contributed by atoms with van der Waals surface area (Å²) in [6.07, 6.45) is 2.68. The van der Waals surface area contributed by atoms with E-state index in [9.17, 15) is 28.7 Å². The van der Waals surface area contributed by atoms with Crippen molar-refractivity contribution in [1.82, 2.24) is 14.4 Å². The summed E-state index contributed by atoms with van der Waals surface area (Å²) in [6, 6.07) is 3.35. The number of rotatable bonds is 7. The van der Waals surface area contributed by atoms with E-state index in [1.165, 1.54) is 27.7 Å². The first-order chi connectivity index (χ1) is 20.4. The van der Waals surface area contributed by atoms with Crippen molar-refractivity contribution in [2.75, 3.05) is 13.1 Å². The van der Waals surface area contributed by atoms with Gasteiger partial charge in [0.2, 0.25) is 0 Å². The molecule has 1 aromatic carbocycles. The Kier molecular flexibility index (Phi) is 7.32. The minimum atomic E-state index is -1.01. The third-order valence-corrected chi connectivity index (χ3v) is 10.2. The number of fused-ring (bicyclic) bond motifs is 6. The number of pyridine rings is 1. The number of hydrogen-bond donors (Lipinski definition) is 2. The van der Waals surface area contributed by atoms with Crippen LogP contribution in [-0.4, -0.2) is 62.5 Å². The van der Waals surface area contributed by atoms with Gasteiger partial charge in [0, 0.05) is 24.6 Å². The molecule has 10 nitrogen and oxygen atoms in total. The van der Waals surface area contributed by atoms with Crippen LogP contribution in [0.2, 0.25) is 5.02 Å². The van der Waals surface area contributed by atoms with E-state index in [2.05, 4.69) is 0 Å². The summed E-state index contributed by atoms with van der Waals surface area (Å²) in [7, 11) is 0. The van der Waals surface area contributed by atoms with Crippen LogP contribution in [0.1, 0.15) is 78.4 Å². The molecule has 3 heterocycles. The molecule has 0 saturated heterocycles. The summed E-state index contributed by atoms with van der Waals surface area (Å²) in [5, 5.41) is 11.2. The molecular weight excluding hydrogens is 579 g/mol. The smallest absolute Gasteiger partial charge is 0.323 e. The van der Waals surface area contributed by atoms with Crippen LogP contribution >= 0.6 is 11.6 Å². The number of amides is 2. The molecule has 230 valence electrons. The van der Waals surface area contributed by atoms with Crippen LogP contribution in [0.25, 0.3) is 0 Å². The normalized spacial score (nSPS) is 25.5. The van der Waals surface area contributed by atoms with Crippen LogP contribution in [0.4, 0.5) is 4.39 Å². The van der Waals surface area contributed by atoms with E-state index in [0.29, 0.717) is 23.5 Å². The van der Waals surface area contributed by atoms with E-state index in [1.54, 1.807) is 11.8 Å². The number of aromatic nitrogens is 1. The van der Waals surface area contributed by atoms with Crippen molar-refractivity contribution < 1.29 is 28.6 Å². The van der Waals surface area contributed by atoms with Crippen molar-refractivity contribution in [1.29, 1.82) is 0 Å². The van der Waals surface area contributed by atoms with E-state index in [0.717, 1.165) is 19.3 Å². The van der Waals surface area contributed by atoms with Crippen LogP contribution in [0, 0.1) is 23.6 Å². The van der Waals surface area contributed by atoms with Crippen LogP contribution < -0.4 is 11.3 Å². The maximum atomic E-state index is 14.3. The molecule has 12 heteroatoms. The molecule has 43 heavy (non-hydrogen) atoms. The average molecular weight is 615 g/mol. The molecule has 2 aliphatic carbocycles. The molecule has 1 spiro atoms. The maximum absolute atomic E-state index is 14.3. The lowest BCUT2D eigenvalue weighted by atomic mass is 9.72. The fourth-order valence-electron chi connectivity index (χ4n) is 7.52. The lowest BCUT2D eigenvalue weighted by Gasteiger charge is -2.47. The number of nitrogens with zero attached hydrogens (tertiary/aromatic N) is 3. The molecular formula is C31H36ClFN4O6. The van der Waals surface area contributed by atoms with Gasteiger partial charge in [0.25, 0.3) is 17.4 Å². The van der Waals surface area contributed by atoms with Gasteiger partial charge < -0.3 is 25.4 Å². The third kappa shape index (κ3) is 4.46. The summed E-state index contributed by atoms with van der Waals surface area (Å²) in [5.41, 5.74) is 5.09. The number of carbonyl (C=O) groups is 3. The van der Waals surface area contributed by atoms with E-state index in [1.807, 2.05) is 13.8 Å². The second kappa shape index (κ2) is 10.6. The zero-order chi connectivity index (χ0) is 31.0. The second-order valence-electron chi connectivity index (χ2n) is 12.7. The van der Waals surface area contributed by atoms with Gasteiger partial charge in [-0.3, -0.25) is 23.7 Å². The zero-order valence-corrected chi connectivity index (χ0v) is 25.2. The van der Waals surface area contributed by atoms with Gasteiger partial charge in [-0.15, -0.1) is 0 Å². The molecule has 1 aromatic heterocycles. The Balaban J connectivity index is 1.38. The molecule has 5 unspecified atom stereocenters. The van der Waals surface area contributed by atoms with Gasteiger partial charge in [0.05, 0.1) is 17.1 Å². The van der Waals surface area contributed by atoms with Crippen LogP contribution in [0.5, 0.6) is 5.75 Å². The highest BCUT2D eigenvalue weighted by Gasteiger charge is 2.64. The third-order valence-electron chi connectivity index (χ3n) is 9.89. The van der Waals surface area contributed by atoms with Crippen molar-refractivity contribution in [2.45, 2.75) is 77.2 Å². The molecule has 2 aromatic rings. The summed E-state index contributed by atoms with van der Waals surface area (Å²) in [6.45, 7) is 5.69. The monoisotopic (exact) mass is 614 g/mol. The Morgan fingerprint density at radius 1 is 1.19 bits per heavy atom. The zero-order valence-electron chi connectivity index (χ0n) is 24.4. The number of carbonyl (C=O) groups excluding carboxylic acids is 3. The van der Waals surface area contributed by atoms with Crippen LogP contribution in [0.3, 0.4) is 0 Å². The van der Waals surface area contributed by atoms with Crippen molar-refractivity contribution in [3.05, 3.63) is 61.8 Å². The number of benzene rings is 1. The quantitative estimate of drug-likeness (QED) is 0.457. The van der Waals surface area contributed by atoms with Crippen molar-refractivity contribution in [3.63, 3.8) is 0 Å². The Hall–Kier alpha value is -3.44. The highest BCUT2D eigenvalue weighted by Crippen LogP contribution is 2.60. The van der Waals surface area contributed by atoms with Gasteiger partial charge >= 0.3 is 5.97 Å². The number of esters is 1. The molecule has 2 saturated carbocycles. The fourth-order valence-corrected chi connectivity index (χ4v) is 7.73. The van der Waals surface area contributed by atoms with Crippen molar-refractivity contribution in [2.24, 2.45) is 23.5 Å². The minimum absolute atomic E-state index is 0.00712. The Morgan fingerprint density at radius 2 is 1.93 bits per heavy atom. The first-order valence-corrected chi connectivity index (χ1v) is 15.3. The number of ether oxygens (including phenoxy) is 1. The van der Waals surface area contributed by atoms with E-state index in [4.69, 9.17) is 22.1 Å². The van der Waals surface area contributed by atoms with Crippen molar-refractivity contribution in [3.8, 4) is 5.75 Å². The van der Waals surface area contributed by atoms with Gasteiger partial charge in [0.15, 0.2) is 5.75 Å². The minimum Gasteiger partial charge on any atom is -0.502 e. The summed E-state index contributed by atoms with van der Waals surface area (Å²) in [5.74, 6) is -2.60. The lowest BCUT2D eigenvalue weighted by Crippen LogP contribution is -2.57. The van der Waals surface area contributed by atoms with Gasteiger partial charge in [0.1, 0.15) is 29.3 Å². The summed E-state index contributed by atoms with van der Waals surface area (Å²) < 4.78 is 20.8. The summed E-state index contributed by atoms with van der Waals surface area (Å²) in [4.78, 5) is 57.7. The standard InChI is InChI=1S/C31H36ClFN4O6/c1-15(2)24(34)30(42)43-16(3)13-36-28(40)25-19-9-11-35(14-17-4-7-22(33)21(32)12-17)27(39)23(19)26(38)29(41)37(25)31(36)10-8-18-5-6-20(18)31/h4,7,12,15-16,18,20,24,38H,5-6,8-11,13-14,34H2,1-3H3. The number of aromatic hydroxyl groups is 1. The first-order valence-electron chi connectivity index (χ1n) is 14.9. The van der Waals surface area contributed by atoms with Gasteiger partial charge in [-0.2, -0.15) is 0 Å². The largest absolute Gasteiger partial charge is 0.502 e. The Bertz CT molecular complexity index is 1590. The molecule has 0 radical (unpaired) electrons. The summed E-state index contributed by atoms with van der Waals surface area (Å²) >= 11 is 5.93. The topological polar surface area (TPSA) is 135 Å². The van der Waals surface area contributed by atoms with Crippen molar-refractivity contribution >= 4 is 29.4 Å². The molecule has 4 aliphatic rings. The van der Waals surface area contributed by atoms with Gasteiger partial charge in [-0.05, 0) is 68.6 Å². The van der Waals surface area contributed by atoms with Gasteiger partial charge in [-0.25, -0.2) is 4.39 Å². The van der Waals surface area contributed by atoms with Crippen LogP contribution in [0.15, 0.2) is 23.0 Å². The molecule has 6 rings (SSSR count). The maximum Gasteiger partial charge on any atom is 0.323 e. The number of hydrogen-bond acceptors (Lipinski definition) is 7. The molecule has 2 amide bonds. The Morgan fingerprint density at radius 3 is 2.56 bits per heavy atom. The predicted molar refractivity (Wildman–Crippen MR) is 155 cm³/mol. The molecule has 2 aliphatic heterocycles. The second-order valence-corrected chi connectivity index (χ2v) is 13.1. The van der Waals surface area contributed by atoms with E-state index in [-0.39, 0.29) is 54.2 Å². The average Bonchev–Trinajstić information content (AvgIpc) is 3.33. The van der Waals surface area contributed by atoms with E-state index >= 15 is 0 Å². The lowest BCUT2D eigenvalue weighted by molar-refractivity contribution is -0.153. The molecule has 0 bridgehead atoms. The number of halogens is 2. The predicted octanol–water partition coefficient (Wildman–Crippen LogP) is 3.39. The number of nitrogens with two attached hydrogens (primary N) is 1. The fraction of sp³-hybridized carbons (Fsp3) is 0.548. The highest BCUT2D eigenvalue weighted by atomic mass is 35.5. The Labute approximate surface area is 253 Å².